The van der Waals surface area contributed by atoms with Crippen molar-refractivity contribution in [1.82, 2.24) is 0 Å². The zero-order valence-corrected chi connectivity index (χ0v) is 24.6. The largest absolute Gasteiger partial charge is 0.454 e. The second kappa shape index (κ2) is 11.6. The molecule has 45 heavy (non-hydrogen) atoms. The van der Waals surface area contributed by atoms with Crippen molar-refractivity contribution in [1.29, 1.82) is 0 Å². The fourth-order valence-electron chi connectivity index (χ4n) is 6.16. The summed E-state index contributed by atoms with van der Waals surface area (Å²) in [5, 5.41) is 2.23. The van der Waals surface area contributed by atoms with Crippen LogP contribution in [-0.4, -0.2) is 0 Å². The highest BCUT2D eigenvalue weighted by atomic mass is 16.3. The van der Waals surface area contributed by atoms with E-state index in [4.69, 9.17) is 4.42 Å². The Morgan fingerprint density at radius 2 is 0.778 bits per heavy atom. The zero-order valence-electron chi connectivity index (χ0n) is 24.6. The molecule has 0 N–H and O–H groups in total. The van der Waals surface area contributed by atoms with E-state index in [2.05, 4.69) is 180 Å². The van der Waals surface area contributed by atoms with Gasteiger partial charge in [0.1, 0.15) is 5.58 Å². The molecule has 0 spiro atoms. The molecule has 214 valence electrons. The average Bonchev–Trinajstić information content (AvgIpc) is 3.50. The SMILES string of the molecule is c1ccc(N(c2ccccc2)c2cccc(-c3cccc(N(c4ccccc4)c4cccc5c4oc4ccccc45)c3)c2)cc1. The lowest BCUT2D eigenvalue weighted by Gasteiger charge is -2.27. The molecule has 0 bridgehead atoms. The van der Waals surface area contributed by atoms with E-state index >= 15 is 0 Å². The summed E-state index contributed by atoms with van der Waals surface area (Å²) in [4.78, 5) is 4.59. The molecule has 0 radical (unpaired) electrons. The van der Waals surface area contributed by atoms with Gasteiger partial charge in [-0.15, -0.1) is 0 Å². The van der Waals surface area contributed by atoms with Crippen LogP contribution in [0, 0.1) is 0 Å². The molecule has 0 aliphatic carbocycles. The standard InChI is InChI=1S/C42H30N2O/c1-4-17-33(18-5-1)43(34-19-6-2-7-20-34)36-23-12-15-31(29-36)32-16-13-24-37(30-32)44(35-21-8-3-9-22-35)40-27-14-26-39-38-25-10-11-28-41(38)45-42(39)40/h1-30H. The molecule has 3 heteroatoms. The number of furan rings is 1. The molecule has 3 nitrogen and oxygen atoms in total. The Morgan fingerprint density at radius 1 is 0.333 bits per heavy atom. The van der Waals surface area contributed by atoms with E-state index in [1.54, 1.807) is 0 Å². The maximum Gasteiger partial charge on any atom is 0.159 e. The van der Waals surface area contributed by atoms with Gasteiger partial charge >= 0.3 is 0 Å². The molecule has 0 saturated carbocycles. The van der Waals surface area contributed by atoms with E-state index in [9.17, 15) is 0 Å². The van der Waals surface area contributed by atoms with Crippen molar-refractivity contribution in [3.63, 3.8) is 0 Å². The number of anilines is 6. The van der Waals surface area contributed by atoms with Gasteiger partial charge in [0.25, 0.3) is 0 Å². The van der Waals surface area contributed by atoms with Crippen LogP contribution in [0.5, 0.6) is 0 Å². The Balaban J connectivity index is 1.26. The summed E-state index contributed by atoms with van der Waals surface area (Å²) in [6.07, 6.45) is 0. The molecule has 7 aromatic carbocycles. The van der Waals surface area contributed by atoms with Crippen molar-refractivity contribution in [3.8, 4) is 11.1 Å². The third-order valence-corrected chi connectivity index (χ3v) is 8.21. The third-order valence-electron chi connectivity index (χ3n) is 8.21. The van der Waals surface area contributed by atoms with Gasteiger partial charge in [0, 0.05) is 39.2 Å². The maximum atomic E-state index is 6.50. The Bertz CT molecular complexity index is 2180. The van der Waals surface area contributed by atoms with Crippen molar-refractivity contribution >= 4 is 56.1 Å². The van der Waals surface area contributed by atoms with Gasteiger partial charge in [0.15, 0.2) is 5.58 Å². The molecule has 0 fully saturated rings. The van der Waals surface area contributed by atoms with Crippen LogP contribution in [-0.2, 0) is 0 Å². The molecule has 8 rings (SSSR count). The van der Waals surface area contributed by atoms with Gasteiger partial charge < -0.3 is 14.2 Å². The van der Waals surface area contributed by atoms with E-state index in [1.165, 1.54) is 0 Å². The summed E-state index contributed by atoms with van der Waals surface area (Å²) in [5.41, 5.74) is 10.5. The minimum absolute atomic E-state index is 0.872. The normalized spacial score (nSPS) is 11.1. The van der Waals surface area contributed by atoms with Crippen molar-refractivity contribution < 1.29 is 4.42 Å². The van der Waals surface area contributed by atoms with Crippen LogP contribution < -0.4 is 9.80 Å². The average molecular weight is 579 g/mol. The summed E-state index contributed by atoms with van der Waals surface area (Å²) in [6.45, 7) is 0. The van der Waals surface area contributed by atoms with Crippen LogP contribution in [0.2, 0.25) is 0 Å². The first kappa shape index (κ1) is 26.6. The summed E-state index contributed by atoms with van der Waals surface area (Å²) < 4.78 is 6.50. The number of hydrogen-bond donors (Lipinski definition) is 0. The van der Waals surface area contributed by atoms with Crippen LogP contribution in [0.15, 0.2) is 186 Å². The minimum atomic E-state index is 0.872. The lowest BCUT2D eigenvalue weighted by Crippen LogP contribution is -2.10. The van der Waals surface area contributed by atoms with Gasteiger partial charge in [-0.2, -0.15) is 0 Å². The van der Waals surface area contributed by atoms with Gasteiger partial charge in [-0.3, -0.25) is 0 Å². The highest BCUT2D eigenvalue weighted by Crippen LogP contribution is 2.43. The molecule has 0 atom stereocenters. The predicted octanol–water partition coefficient (Wildman–Crippen LogP) is 12.2. The third kappa shape index (κ3) is 5.01. The van der Waals surface area contributed by atoms with Crippen molar-refractivity contribution in [3.05, 3.63) is 182 Å². The van der Waals surface area contributed by atoms with Crippen LogP contribution >= 0.6 is 0 Å². The molecule has 8 aromatic rings. The fraction of sp³-hybridized carbons (Fsp3) is 0. The molecule has 0 saturated heterocycles. The molecule has 1 aromatic heterocycles. The first-order chi connectivity index (χ1) is 22.3. The van der Waals surface area contributed by atoms with Crippen LogP contribution in [0.3, 0.4) is 0 Å². The monoisotopic (exact) mass is 578 g/mol. The Kier molecular flexibility index (Phi) is 6.82. The Morgan fingerprint density at radius 3 is 1.38 bits per heavy atom. The molecule has 1 heterocycles. The number of rotatable bonds is 7. The minimum Gasteiger partial charge on any atom is -0.454 e. The summed E-state index contributed by atoms with van der Waals surface area (Å²) in [6, 6.07) is 63.7. The molecule has 0 amide bonds. The number of hydrogen-bond acceptors (Lipinski definition) is 3. The smallest absolute Gasteiger partial charge is 0.159 e. The lowest BCUT2D eigenvalue weighted by molar-refractivity contribution is 0.669. The molecule has 0 aliphatic heterocycles. The van der Waals surface area contributed by atoms with Gasteiger partial charge in [-0.1, -0.05) is 109 Å². The Hall–Kier alpha value is -6.06. The number of fused-ring (bicyclic) bond motifs is 3. The lowest BCUT2D eigenvalue weighted by atomic mass is 10.0. The first-order valence-electron chi connectivity index (χ1n) is 15.2. The second-order valence-electron chi connectivity index (χ2n) is 11.0. The van der Waals surface area contributed by atoms with E-state index in [0.717, 1.165) is 67.2 Å². The van der Waals surface area contributed by atoms with Crippen LogP contribution in [0.1, 0.15) is 0 Å². The summed E-state index contributed by atoms with van der Waals surface area (Å²) in [7, 11) is 0. The van der Waals surface area contributed by atoms with Crippen LogP contribution in [0.25, 0.3) is 33.1 Å². The van der Waals surface area contributed by atoms with E-state index in [0.29, 0.717) is 0 Å². The van der Waals surface area contributed by atoms with Crippen molar-refractivity contribution in [2.75, 3.05) is 9.80 Å². The van der Waals surface area contributed by atoms with Crippen LogP contribution in [0.4, 0.5) is 34.1 Å². The van der Waals surface area contributed by atoms with Gasteiger partial charge in [0.05, 0.1) is 5.69 Å². The molecule has 0 aliphatic rings. The quantitative estimate of drug-likeness (QED) is 0.188. The maximum absolute atomic E-state index is 6.50. The van der Waals surface area contributed by atoms with Crippen molar-refractivity contribution in [2.24, 2.45) is 0 Å². The fourth-order valence-corrected chi connectivity index (χ4v) is 6.16. The van der Waals surface area contributed by atoms with E-state index in [-0.39, 0.29) is 0 Å². The summed E-state index contributed by atoms with van der Waals surface area (Å²) in [5.74, 6) is 0. The Labute approximate surface area is 262 Å². The van der Waals surface area contributed by atoms with Gasteiger partial charge in [0.2, 0.25) is 0 Å². The summed E-state index contributed by atoms with van der Waals surface area (Å²) >= 11 is 0. The number of para-hydroxylation sites is 5. The number of nitrogens with zero attached hydrogens (tertiary/aromatic N) is 2. The van der Waals surface area contributed by atoms with E-state index < -0.39 is 0 Å². The topological polar surface area (TPSA) is 19.6 Å². The van der Waals surface area contributed by atoms with Crippen molar-refractivity contribution in [2.45, 2.75) is 0 Å². The molecular weight excluding hydrogens is 548 g/mol. The van der Waals surface area contributed by atoms with Gasteiger partial charge in [-0.25, -0.2) is 0 Å². The second-order valence-corrected chi connectivity index (χ2v) is 11.0. The van der Waals surface area contributed by atoms with E-state index in [1.807, 2.05) is 12.1 Å². The number of benzene rings is 7. The highest BCUT2D eigenvalue weighted by molar-refractivity contribution is 6.10. The zero-order chi connectivity index (χ0) is 30.0. The first-order valence-corrected chi connectivity index (χ1v) is 15.2. The van der Waals surface area contributed by atoms with Gasteiger partial charge in [-0.05, 0) is 83.9 Å². The molecule has 0 unspecified atom stereocenters. The highest BCUT2D eigenvalue weighted by Gasteiger charge is 2.20. The predicted molar refractivity (Wildman–Crippen MR) is 189 cm³/mol. The molecular formula is C42H30N2O.